The highest BCUT2D eigenvalue weighted by Crippen LogP contribution is 2.26. The Morgan fingerprint density at radius 2 is 2.24 bits per heavy atom. The summed E-state index contributed by atoms with van der Waals surface area (Å²) in [7, 11) is 0. The molecule has 2 aromatic rings. The number of piperazine rings is 1. The molecule has 1 aliphatic rings. The van der Waals surface area contributed by atoms with Crippen molar-refractivity contribution >= 4 is 22.7 Å². The van der Waals surface area contributed by atoms with E-state index in [0.717, 1.165) is 41.8 Å². The predicted octanol–water partition coefficient (Wildman–Crippen LogP) is 2.02. The third kappa shape index (κ3) is 2.63. The van der Waals surface area contributed by atoms with Crippen LogP contribution in [0.15, 0.2) is 30.8 Å². The van der Waals surface area contributed by atoms with Crippen molar-refractivity contribution in [3.63, 3.8) is 0 Å². The van der Waals surface area contributed by atoms with E-state index >= 15 is 0 Å². The zero-order valence-electron chi connectivity index (χ0n) is 11.5. The third-order valence-corrected chi connectivity index (χ3v) is 3.67. The minimum Gasteiger partial charge on any atom is -0.314 e. The molecule has 6 heteroatoms. The molecule has 0 amide bonds. The van der Waals surface area contributed by atoms with E-state index in [1.165, 1.54) is 6.07 Å². The number of hydrogen-bond donors (Lipinski definition) is 2. The molecular formula is C15H16N4O2. The van der Waals surface area contributed by atoms with Gasteiger partial charge in [-0.15, -0.1) is 0 Å². The zero-order valence-corrected chi connectivity index (χ0v) is 11.5. The Balaban J connectivity index is 2.11. The standard InChI is InChI=1S/C15H16N4O2/c1-2-10-7-14(15-9-16-5-6-17-15)18-13-4-3-11(19(20)21)8-12(10)13/h2-4,7-8,15-17H,1,5-6,9H2. The van der Waals surface area contributed by atoms with Crippen molar-refractivity contribution < 1.29 is 4.92 Å². The maximum absolute atomic E-state index is 10.9. The van der Waals surface area contributed by atoms with Gasteiger partial charge in [0.25, 0.3) is 5.69 Å². The first-order chi connectivity index (χ1) is 10.2. The van der Waals surface area contributed by atoms with Crippen LogP contribution in [0.3, 0.4) is 0 Å². The van der Waals surface area contributed by atoms with Crippen molar-refractivity contribution in [2.75, 3.05) is 19.6 Å². The summed E-state index contributed by atoms with van der Waals surface area (Å²) in [5.74, 6) is 0. The monoisotopic (exact) mass is 284 g/mol. The Hall–Kier alpha value is -2.31. The Morgan fingerprint density at radius 1 is 1.38 bits per heavy atom. The predicted molar refractivity (Wildman–Crippen MR) is 82.1 cm³/mol. The molecule has 1 aromatic carbocycles. The van der Waals surface area contributed by atoms with Gasteiger partial charge in [-0.05, 0) is 17.7 Å². The van der Waals surface area contributed by atoms with Crippen molar-refractivity contribution in [2.24, 2.45) is 0 Å². The summed E-state index contributed by atoms with van der Waals surface area (Å²) in [6.45, 7) is 6.48. The highest BCUT2D eigenvalue weighted by atomic mass is 16.6. The number of rotatable bonds is 3. The number of nitrogens with one attached hydrogen (secondary N) is 2. The van der Waals surface area contributed by atoms with Gasteiger partial charge in [0, 0.05) is 37.2 Å². The molecule has 0 aliphatic carbocycles. The first-order valence-corrected chi connectivity index (χ1v) is 6.84. The zero-order chi connectivity index (χ0) is 14.8. The van der Waals surface area contributed by atoms with E-state index in [2.05, 4.69) is 22.2 Å². The molecule has 0 radical (unpaired) electrons. The Kier molecular flexibility index (Phi) is 3.64. The van der Waals surface area contributed by atoms with Crippen LogP contribution >= 0.6 is 0 Å². The van der Waals surface area contributed by atoms with Gasteiger partial charge < -0.3 is 10.6 Å². The smallest absolute Gasteiger partial charge is 0.270 e. The number of aromatic nitrogens is 1. The maximum atomic E-state index is 10.9. The van der Waals surface area contributed by atoms with Crippen LogP contribution in [0.2, 0.25) is 0 Å². The van der Waals surface area contributed by atoms with Crippen molar-refractivity contribution in [2.45, 2.75) is 6.04 Å². The SMILES string of the molecule is C=Cc1cc(C2CNCCN2)nc2ccc([N+](=O)[O-])cc12. The van der Waals surface area contributed by atoms with Gasteiger partial charge >= 0.3 is 0 Å². The molecule has 1 aromatic heterocycles. The number of benzene rings is 1. The fourth-order valence-electron chi connectivity index (χ4n) is 2.58. The third-order valence-electron chi connectivity index (χ3n) is 3.67. The lowest BCUT2D eigenvalue weighted by Gasteiger charge is -2.24. The molecule has 2 heterocycles. The van der Waals surface area contributed by atoms with Crippen LogP contribution in [0.5, 0.6) is 0 Å². The molecule has 108 valence electrons. The number of nitrogens with zero attached hydrogens (tertiary/aromatic N) is 2. The van der Waals surface area contributed by atoms with Gasteiger partial charge in [0.1, 0.15) is 0 Å². The first-order valence-electron chi connectivity index (χ1n) is 6.84. The van der Waals surface area contributed by atoms with E-state index in [0.29, 0.717) is 0 Å². The van der Waals surface area contributed by atoms with Crippen LogP contribution in [-0.2, 0) is 0 Å². The molecule has 1 aliphatic heterocycles. The van der Waals surface area contributed by atoms with Gasteiger partial charge in [0.05, 0.1) is 22.2 Å². The first kappa shape index (κ1) is 13.7. The number of hydrogen-bond acceptors (Lipinski definition) is 5. The second-order valence-electron chi connectivity index (χ2n) is 5.01. The van der Waals surface area contributed by atoms with Gasteiger partial charge in [0.2, 0.25) is 0 Å². The Labute approximate surface area is 122 Å². The summed E-state index contributed by atoms with van der Waals surface area (Å²) in [6, 6.07) is 6.83. The average Bonchev–Trinajstić information content (AvgIpc) is 2.54. The van der Waals surface area contributed by atoms with Crippen molar-refractivity contribution in [1.29, 1.82) is 0 Å². The summed E-state index contributed by atoms with van der Waals surface area (Å²) in [4.78, 5) is 15.1. The molecule has 21 heavy (non-hydrogen) atoms. The number of pyridine rings is 1. The van der Waals surface area contributed by atoms with Gasteiger partial charge in [-0.1, -0.05) is 12.7 Å². The van der Waals surface area contributed by atoms with Gasteiger partial charge in [0.15, 0.2) is 0 Å². The van der Waals surface area contributed by atoms with Crippen LogP contribution in [0.1, 0.15) is 17.3 Å². The number of nitro groups is 1. The molecular weight excluding hydrogens is 268 g/mol. The van der Waals surface area contributed by atoms with Crippen LogP contribution in [0.25, 0.3) is 17.0 Å². The number of nitro benzene ring substituents is 1. The van der Waals surface area contributed by atoms with Gasteiger partial charge in [-0.2, -0.15) is 0 Å². The van der Waals surface area contributed by atoms with Gasteiger partial charge in [-0.3, -0.25) is 15.1 Å². The largest absolute Gasteiger partial charge is 0.314 e. The molecule has 6 nitrogen and oxygen atoms in total. The fourth-order valence-corrected chi connectivity index (χ4v) is 2.58. The lowest BCUT2D eigenvalue weighted by Crippen LogP contribution is -2.43. The Bertz CT molecular complexity index is 708. The molecule has 1 atom stereocenters. The summed E-state index contributed by atoms with van der Waals surface area (Å²) >= 11 is 0. The van der Waals surface area contributed by atoms with Crippen LogP contribution in [0, 0.1) is 10.1 Å². The maximum Gasteiger partial charge on any atom is 0.270 e. The van der Waals surface area contributed by atoms with Crippen LogP contribution in [0.4, 0.5) is 5.69 Å². The topological polar surface area (TPSA) is 80.1 Å². The summed E-state index contributed by atoms with van der Waals surface area (Å²) < 4.78 is 0. The lowest BCUT2D eigenvalue weighted by molar-refractivity contribution is -0.384. The average molecular weight is 284 g/mol. The van der Waals surface area contributed by atoms with E-state index < -0.39 is 4.92 Å². The number of fused-ring (bicyclic) bond motifs is 1. The highest BCUT2D eigenvalue weighted by molar-refractivity contribution is 5.89. The Morgan fingerprint density at radius 3 is 2.90 bits per heavy atom. The molecule has 1 saturated heterocycles. The minimum absolute atomic E-state index is 0.0672. The second-order valence-corrected chi connectivity index (χ2v) is 5.01. The molecule has 0 spiro atoms. The normalized spacial score (nSPS) is 18.6. The van der Waals surface area contributed by atoms with E-state index in [1.807, 2.05) is 6.07 Å². The molecule has 3 rings (SSSR count). The van der Waals surface area contributed by atoms with Crippen molar-refractivity contribution in [3.8, 4) is 0 Å². The van der Waals surface area contributed by atoms with Crippen molar-refractivity contribution in [1.82, 2.24) is 15.6 Å². The molecule has 0 saturated carbocycles. The van der Waals surface area contributed by atoms with E-state index in [4.69, 9.17) is 0 Å². The van der Waals surface area contributed by atoms with E-state index in [-0.39, 0.29) is 11.7 Å². The summed E-state index contributed by atoms with van der Waals surface area (Å²) in [5, 5.41) is 18.4. The van der Waals surface area contributed by atoms with Crippen LogP contribution in [-0.4, -0.2) is 29.5 Å². The minimum atomic E-state index is -0.396. The molecule has 2 N–H and O–H groups in total. The van der Waals surface area contributed by atoms with Gasteiger partial charge in [-0.25, -0.2) is 0 Å². The summed E-state index contributed by atoms with van der Waals surface area (Å²) in [6.07, 6.45) is 1.72. The molecule has 0 bridgehead atoms. The number of non-ortho nitro benzene ring substituents is 1. The second kappa shape index (κ2) is 5.59. The van der Waals surface area contributed by atoms with Crippen LogP contribution < -0.4 is 10.6 Å². The highest BCUT2D eigenvalue weighted by Gasteiger charge is 2.18. The molecule has 1 unspecified atom stereocenters. The lowest BCUT2D eigenvalue weighted by atomic mass is 10.0. The van der Waals surface area contributed by atoms with E-state index in [9.17, 15) is 10.1 Å². The fraction of sp³-hybridized carbons (Fsp3) is 0.267. The van der Waals surface area contributed by atoms with Crippen molar-refractivity contribution in [3.05, 3.63) is 52.2 Å². The quantitative estimate of drug-likeness (QED) is 0.666. The van der Waals surface area contributed by atoms with E-state index in [1.54, 1.807) is 18.2 Å². The molecule has 1 fully saturated rings. The summed E-state index contributed by atoms with van der Waals surface area (Å²) in [5.41, 5.74) is 2.61.